The number of carbonyl (C=O) groups excluding carboxylic acids is 1. The van der Waals surface area contributed by atoms with Crippen molar-refractivity contribution in [2.75, 3.05) is 7.11 Å². The minimum Gasteiger partial charge on any atom is -0.469 e. The maximum absolute atomic E-state index is 9.59. The van der Waals surface area contributed by atoms with Gasteiger partial charge in [0.15, 0.2) is 6.29 Å². The van der Waals surface area contributed by atoms with Crippen molar-refractivity contribution in [1.82, 2.24) is 0 Å². The number of esters is 1. The molecule has 0 aliphatic carbocycles. The second kappa shape index (κ2) is 9.39. The highest BCUT2D eigenvalue weighted by Crippen LogP contribution is 1.88. The Labute approximate surface area is 66.8 Å². The quantitative estimate of drug-likeness (QED) is 0.454. The van der Waals surface area contributed by atoms with E-state index >= 15 is 0 Å². The summed E-state index contributed by atoms with van der Waals surface area (Å²) in [5.74, 6) is -0.245. The molecule has 0 radical (unpaired) electrons. The summed E-state index contributed by atoms with van der Waals surface area (Å²) in [4.78, 5) is 9.59. The summed E-state index contributed by atoms with van der Waals surface area (Å²) < 4.78 is 4.11. The van der Waals surface area contributed by atoms with Gasteiger partial charge in [0.05, 0.1) is 7.11 Å². The lowest BCUT2D eigenvalue weighted by Gasteiger charge is -1.94. The Bertz CT molecular complexity index is 90.4. The minimum absolute atomic E-state index is 0.245. The maximum atomic E-state index is 9.59. The van der Waals surface area contributed by atoms with Gasteiger partial charge in [-0.25, -0.2) is 0 Å². The van der Waals surface area contributed by atoms with Gasteiger partial charge in [-0.15, -0.1) is 0 Å². The summed E-state index contributed by atoms with van der Waals surface area (Å²) in [6.45, 7) is 3.26. The molecular weight excluding hydrogens is 148 g/mol. The molecule has 4 nitrogen and oxygen atoms in total. The van der Waals surface area contributed by atoms with E-state index in [0.717, 1.165) is 6.42 Å². The predicted molar refractivity (Wildman–Crippen MR) is 40.8 cm³/mol. The molecule has 0 rings (SSSR count). The lowest BCUT2D eigenvalue weighted by Crippen LogP contribution is -2.01. The highest BCUT2D eigenvalue weighted by Gasteiger charge is 1.89. The summed E-state index contributed by atoms with van der Waals surface area (Å²) in [5.41, 5.74) is 0. The smallest absolute Gasteiger partial charge is 0.302 e. The predicted octanol–water partition coefficient (Wildman–Crippen LogP) is 0.277. The molecule has 0 spiro atoms. The van der Waals surface area contributed by atoms with Gasteiger partial charge in [-0.05, 0) is 6.42 Å². The molecule has 11 heavy (non-hydrogen) atoms. The van der Waals surface area contributed by atoms with Crippen molar-refractivity contribution in [2.45, 2.75) is 33.0 Å². The molecule has 0 saturated carbocycles. The van der Waals surface area contributed by atoms with E-state index in [1.807, 2.05) is 6.92 Å². The first-order valence-corrected chi connectivity index (χ1v) is 3.45. The van der Waals surface area contributed by atoms with E-state index < -0.39 is 6.29 Å². The number of ether oxygens (including phenoxy) is 1. The fourth-order valence-corrected chi connectivity index (χ4v) is 0.258. The maximum Gasteiger partial charge on any atom is 0.302 e. The second-order valence-electron chi connectivity index (χ2n) is 1.96. The first-order valence-electron chi connectivity index (χ1n) is 3.45. The van der Waals surface area contributed by atoms with Crippen LogP contribution < -0.4 is 0 Å². The van der Waals surface area contributed by atoms with Crippen molar-refractivity contribution in [3.05, 3.63) is 0 Å². The van der Waals surface area contributed by atoms with Crippen LogP contribution >= 0.6 is 0 Å². The summed E-state index contributed by atoms with van der Waals surface area (Å²) >= 11 is 0. The van der Waals surface area contributed by atoms with Gasteiger partial charge in [-0.1, -0.05) is 13.3 Å². The zero-order valence-corrected chi connectivity index (χ0v) is 7.20. The van der Waals surface area contributed by atoms with E-state index in [1.54, 1.807) is 0 Å². The molecule has 0 fully saturated rings. The Morgan fingerprint density at radius 1 is 1.55 bits per heavy atom. The number of methoxy groups -OCH3 is 1. The molecule has 0 aliphatic heterocycles. The highest BCUT2D eigenvalue weighted by molar-refractivity contribution is 5.65. The van der Waals surface area contributed by atoms with Gasteiger partial charge < -0.3 is 14.9 Å². The van der Waals surface area contributed by atoms with Crippen LogP contribution in [0.15, 0.2) is 0 Å². The normalized spacial score (nSPS) is 8.55. The van der Waals surface area contributed by atoms with Gasteiger partial charge in [0.1, 0.15) is 0 Å². The van der Waals surface area contributed by atoms with Gasteiger partial charge in [0.2, 0.25) is 0 Å². The van der Waals surface area contributed by atoms with Crippen LogP contribution in [0.5, 0.6) is 0 Å². The standard InChI is InChI=1S/C4H10O2.C3H6O2/c1-2-3-4(5)6;1-3(4)5-2/h4-6H,2-3H2,1H3;1-2H3. The van der Waals surface area contributed by atoms with E-state index in [0.29, 0.717) is 6.42 Å². The van der Waals surface area contributed by atoms with E-state index in [1.165, 1.54) is 14.0 Å². The van der Waals surface area contributed by atoms with Crippen LogP contribution in [-0.2, 0) is 9.53 Å². The van der Waals surface area contributed by atoms with Gasteiger partial charge in [-0.3, -0.25) is 4.79 Å². The van der Waals surface area contributed by atoms with Gasteiger partial charge >= 0.3 is 5.97 Å². The first kappa shape index (κ1) is 13.0. The van der Waals surface area contributed by atoms with Crippen molar-refractivity contribution < 1.29 is 19.7 Å². The van der Waals surface area contributed by atoms with Crippen molar-refractivity contribution >= 4 is 5.97 Å². The molecule has 0 aliphatic rings. The van der Waals surface area contributed by atoms with E-state index in [-0.39, 0.29) is 5.97 Å². The zero-order chi connectivity index (χ0) is 9.28. The van der Waals surface area contributed by atoms with Crippen molar-refractivity contribution in [3.63, 3.8) is 0 Å². The summed E-state index contributed by atoms with van der Waals surface area (Å²) in [5, 5.41) is 16.2. The Morgan fingerprint density at radius 2 is 1.91 bits per heavy atom. The van der Waals surface area contributed by atoms with E-state index in [9.17, 15) is 4.79 Å². The molecule has 2 N–H and O–H groups in total. The molecule has 0 atom stereocenters. The van der Waals surface area contributed by atoms with Crippen molar-refractivity contribution in [1.29, 1.82) is 0 Å². The highest BCUT2D eigenvalue weighted by atomic mass is 16.5. The number of hydrogen-bond acceptors (Lipinski definition) is 4. The van der Waals surface area contributed by atoms with Crippen LogP contribution in [0, 0.1) is 0 Å². The SMILES string of the molecule is CCCC(O)O.COC(C)=O. The van der Waals surface area contributed by atoms with Crippen LogP contribution in [-0.4, -0.2) is 29.6 Å². The van der Waals surface area contributed by atoms with Crippen LogP contribution in [0.2, 0.25) is 0 Å². The topological polar surface area (TPSA) is 66.8 Å². The summed E-state index contributed by atoms with van der Waals surface area (Å²) in [6.07, 6.45) is 0.215. The molecule has 0 amide bonds. The molecule has 4 heteroatoms. The fourth-order valence-electron chi connectivity index (χ4n) is 0.258. The Hall–Kier alpha value is -0.610. The minimum atomic E-state index is -1.10. The Kier molecular flexibility index (Phi) is 11.1. The Balaban J connectivity index is 0. The van der Waals surface area contributed by atoms with Crippen molar-refractivity contribution in [3.8, 4) is 0 Å². The number of aliphatic hydroxyl groups is 2. The fraction of sp³-hybridized carbons (Fsp3) is 0.857. The third-order valence-corrected chi connectivity index (χ3v) is 0.834. The molecule has 0 aromatic rings. The van der Waals surface area contributed by atoms with Crippen LogP contribution in [0.3, 0.4) is 0 Å². The number of rotatable bonds is 2. The Morgan fingerprint density at radius 3 is 1.91 bits per heavy atom. The molecule has 0 heterocycles. The van der Waals surface area contributed by atoms with Gasteiger partial charge in [0.25, 0.3) is 0 Å². The molecule has 0 saturated heterocycles. The third-order valence-electron chi connectivity index (χ3n) is 0.834. The average molecular weight is 164 g/mol. The number of aliphatic hydroxyl groups excluding tert-OH is 1. The largest absolute Gasteiger partial charge is 0.469 e. The van der Waals surface area contributed by atoms with Gasteiger partial charge in [0, 0.05) is 6.92 Å². The van der Waals surface area contributed by atoms with Gasteiger partial charge in [-0.2, -0.15) is 0 Å². The molecular formula is C7H16O4. The third kappa shape index (κ3) is 26.6. The summed E-state index contributed by atoms with van der Waals surface area (Å²) in [7, 11) is 1.35. The van der Waals surface area contributed by atoms with Crippen LogP contribution in [0.25, 0.3) is 0 Å². The molecule has 0 aromatic carbocycles. The molecule has 0 aromatic heterocycles. The monoisotopic (exact) mass is 164 g/mol. The lowest BCUT2D eigenvalue weighted by molar-refractivity contribution is -0.137. The number of hydrogen-bond donors (Lipinski definition) is 2. The van der Waals surface area contributed by atoms with Crippen molar-refractivity contribution in [2.24, 2.45) is 0 Å². The molecule has 0 unspecified atom stereocenters. The zero-order valence-electron chi connectivity index (χ0n) is 7.20. The van der Waals surface area contributed by atoms with E-state index in [4.69, 9.17) is 10.2 Å². The second-order valence-corrected chi connectivity index (χ2v) is 1.96. The molecule has 0 bridgehead atoms. The lowest BCUT2D eigenvalue weighted by atomic mass is 10.3. The van der Waals surface area contributed by atoms with E-state index in [2.05, 4.69) is 4.74 Å². The van der Waals surface area contributed by atoms with Crippen LogP contribution in [0.4, 0.5) is 0 Å². The van der Waals surface area contributed by atoms with Crippen LogP contribution in [0.1, 0.15) is 26.7 Å². The number of carbonyl (C=O) groups is 1. The summed E-state index contributed by atoms with van der Waals surface area (Å²) in [6, 6.07) is 0. The average Bonchev–Trinajstić information content (AvgIpc) is 1.89. The molecule has 68 valence electrons. The first-order chi connectivity index (χ1) is 5.04.